The highest BCUT2D eigenvalue weighted by atomic mass is 35.5. The van der Waals surface area contributed by atoms with Crippen LogP contribution < -0.4 is 0 Å². The highest BCUT2D eigenvalue weighted by Crippen LogP contribution is 2.29. The van der Waals surface area contributed by atoms with Crippen molar-refractivity contribution < 1.29 is 0 Å². The molecule has 0 aliphatic heterocycles. The van der Waals surface area contributed by atoms with E-state index in [1.54, 1.807) is 0 Å². The van der Waals surface area contributed by atoms with Crippen LogP contribution in [0.25, 0.3) is 10.9 Å². The van der Waals surface area contributed by atoms with Crippen LogP contribution in [0.3, 0.4) is 0 Å². The molecule has 2 aromatic rings. The zero-order valence-corrected chi connectivity index (χ0v) is 8.44. The lowest BCUT2D eigenvalue weighted by Crippen LogP contribution is -1.83. The molecule has 0 saturated carbocycles. The van der Waals surface area contributed by atoms with E-state index in [0.29, 0.717) is 0 Å². The number of nitrogens with one attached hydrogen (secondary N) is 1. The summed E-state index contributed by atoms with van der Waals surface area (Å²) in [5, 5.41) is 2.07. The van der Waals surface area contributed by atoms with Crippen LogP contribution in [0.5, 0.6) is 0 Å². The topological polar surface area (TPSA) is 15.8 Å². The van der Waals surface area contributed by atoms with E-state index in [2.05, 4.69) is 24.0 Å². The van der Waals surface area contributed by atoms with Gasteiger partial charge in [-0.2, -0.15) is 0 Å². The predicted octanol–water partition coefficient (Wildman–Crippen LogP) is 3.62. The summed E-state index contributed by atoms with van der Waals surface area (Å²) in [6.07, 6.45) is 1.96. The third-order valence-electron chi connectivity index (χ3n) is 2.29. The SMILES string of the molecule is C[C](Cl)c1c[nH]c2cccc(C)c12. The first kappa shape index (κ1) is 8.64. The van der Waals surface area contributed by atoms with Gasteiger partial charge in [-0.05, 0) is 25.5 Å². The number of aromatic amines is 1. The van der Waals surface area contributed by atoms with Crippen molar-refractivity contribution >= 4 is 22.5 Å². The van der Waals surface area contributed by atoms with E-state index in [-0.39, 0.29) is 0 Å². The molecule has 0 spiro atoms. The van der Waals surface area contributed by atoms with Gasteiger partial charge in [0.2, 0.25) is 0 Å². The van der Waals surface area contributed by atoms with E-state index in [9.17, 15) is 0 Å². The van der Waals surface area contributed by atoms with E-state index in [1.165, 1.54) is 10.9 Å². The molecule has 2 rings (SSSR count). The van der Waals surface area contributed by atoms with Crippen LogP contribution >= 0.6 is 11.6 Å². The minimum atomic E-state index is 0.834. The average Bonchev–Trinajstić information content (AvgIpc) is 2.49. The Morgan fingerprint density at radius 1 is 1.38 bits per heavy atom. The third-order valence-corrected chi connectivity index (χ3v) is 2.49. The number of fused-ring (bicyclic) bond motifs is 1. The average molecular weight is 193 g/mol. The van der Waals surface area contributed by atoms with Gasteiger partial charge in [-0.15, -0.1) is 11.6 Å². The number of hydrogen-bond donors (Lipinski definition) is 1. The minimum absolute atomic E-state index is 0.834. The fourth-order valence-electron chi connectivity index (χ4n) is 1.64. The lowest BCUT2D eigenvalue weighted by Gasteiger charge is -2.01. The van der Waals surface area contributed by atoms with Gasteiger partial charge in [0, 0.05) is 22.7 Å². The summed E-state index contributed by atoms with van der Waals surface area (Å²) in [5.41, 5.74) is 3.51. The normalized spacial score (nSPS) is 11.4. The zero-order chi connectivity index (χ0) is 9.42. The highest BCUT2D eigenvalue weighted by molar-refractivity contribution is 6.29. The molecule has 67 valence electrons. The van der Waals surface area contributed by atoms with Crippen molar-refractivity contribution in [2.75, 3.05) is 0 Å². The Balaban J connectivity index is 2.79. The number of H-pyrrole nitrogens is 1. The summed E-state index contributed by atoms with van der Waals surface area (Å²) in [7, 11) is 0. The molecule has 0 atom stereocenters. The van der Waals surface area contributed by atoms with Gasteiger partial charge in [0.15, 0.2) is 0 Å². The highest BCUT2D eigenvalue weighted by Gasteiger charge is 2.10. The second-order valence-corrected chi connectivity index (χ2v) is 3.80. The molecule has 1 aromatic carbocycles. The molecule has 13 heavy (non-hydrogen) atoms. The first-order valence-corrected chi connectivity index (χ1v) is 4.64. The zero-order valence-electron chi connectivity index (χ0n) is 7.69. The molecule has 0 bridgehead atoms. The van der Waals surface area contributed by atoms with Crippen molar-refractivity contribution in [1.82, 2.24) is 4.98 Å². The number of benzene rings is 1. The maximum absolute atomic E-state index is 5.99. The number of hydrogen-bond acceptors (Lipinski definition) is 0. The Labute approximate surface area is 82.7 Å². The van der Waals surface area contributed by atoms with E-state index in [0.717, 1.165) is 16.5 Å². The van der Waals surface area contributed by atoms with Crippen LogP contribution in [0, 0.1) is 12.3 Å². The van der Waals surface area contributed by atoms with Crippen LogP contribution in [0.1, 0.15) is 18.1 Å². The van der Waals surface area contributed by atoms with Gasteiger partial charge in [0.1, 0.15) is 0 Å². The molecule has 1 aromatic heterocycles. The molecule has 0 fully saturated rings. The summed E-state index contributed by atoms with van der Waals surface area (Å²) in [5.74, 6) is 0. The van der Waals surface area contributed by atoms with E-state index in [4.69, 9.17) is 11.6 Å². The Hall–Kier alpha value is -0.950. The lowest BCUT2D eigenvalue weighted by molar-refractivity contribution is 1.36. The molecular formula is C11H11ClN. The number of halogens is 1. The van der Waals surface area contributed by atoms with Gasteiger partial charge < -0.3 is 4.98 Å². The summed E-state index contributed by atoms with van der Waals surface area (Å²) < 4.78 is 0. The molecule has 0 unspecified atom stereocenters. The summed E-state index contributed by atoms with van der Waals surface area (Å²) in [4.78, 5) is 3.21. The number of aryl methyl sites for hydroxylation is 1. The predicted molar refractivity (Wildman–Crippen MR) is 56.9 cm³/mol. The van der Waals surface area contributed by atoms with Crippen molar-refractivity contribution in [3.8, 4) is 0 Å². The third kappa shape index (κ3) is 1.33. The molecule has 1 N–H and O–H groups in total. The summed E-state index contributed by atoms with van der Waals surface area (Å²) in [6.45, 7) is 4.01. The largest absolute Gasteiger partial charge is 0.361 e. The van der Waals surface area contributed by atoms with Crippen LogP contribution in [-0.2, 0) is 0 Å². The maximum Gasteiger partial charge on any atom is 0.0917 e. The number of aromatic nitrogens is 1. The van der Waals surface area contributed by atoms with Gasteiger partial charge in [-0.3, -0.25) is 0 Å². The van der Waals surface area contributed by atoms with Crippen molar-refractivity contribution in [2.24, 2.45) is 0 Å². The van der Waals surface area contributed by atoms with Crippen molar-refractivity contribution in [1.29, 1.82) is 0 Å². The quantitative estimate of drug-likeness (QED) is 0.711. The van der Waals surface area contributed by atoms with Crippen molar-refractivity contribution in [3.05, 3.63) is 40.9 Å². The summed E-state index contributed by atoms with van der Waals surface area (Å²) in [6, 6.07) is 6.20. The molecule has 1 radical (unpaired) electrons. The van der Waals surface area contributed by atoms with Gasteiger partial charge in [0.25, 0.3) is 0 Å². The van der Waals surface area contributed by atoms with Crippen molar-refractivity contribution in [3.63, 3.8) is 0 Å². The fourth-order valence-corrected chi connectivity index (χ4v) is 1.79. The maximum atomic E-state index is 5.99. The first-order chi connectivity index (χ1) is 6.20. The van der Waals surface area contributed by atoms with Gasteiger partial charge >= 0.3 is 0 Å². The first-order valence-electron chi connectivity index (χ1n) is 4.26. The Kier molecular flexibility index (Phi) is 2.04. The Morgan fingerprint density at radius 2 is 2.15 bits per heavy atom. The molecule has 0 aliphatic rings. The van der Waals surface area contributed by atoms with Crippen LogP contribution in [0.15, 0.2) is 24.4 Å². The second kappa shape index (κ2) is 3.08. The van der Waals surface area contributed by atoms with Gasteiger partial charge in [-0.25, -0.2) is 0 Å². The molecule has 0 saturated heterocycles. The van der Waals surface area contributed by atoms with E-state index < -0.39 is 0 Å². The number of rotatable bonds is 1. The molecule has 0 aliphatic carbocycles. The molecule has 1 heterocycles. The van der Waals surface area contributed by atoms with Crippen LogP contribution in [0.2, 0.25) is 0 Å². The Bertz CT molecular complexity index is 429. The smallest absolute Gasteiger partial charge is 0.0917 e. The van der Waals surface area contributed by atoms with E-state index in [1.807, 2.05) is 19.2 Å². The fraction of sp³-hybridized carbons (Fsp3) is 0.182. The van der Waals surface area contributed by atoms with Crippen molar-refractivity contribution in [2.45, 2.75) is 13.8 Å². The van der Waals surface area contributed by atoms with Gasteiger partial charge in [-0.1, -0.05) is 12.1 Å². The monoisotopic (exact) mass is 192 g/mol. The van der Waals surface area contributed by atoms with E-state index >= 15 is 0 Å². The van der Waals surface area contributed by atoms with Crippen LogP contribution in [0.4, 0.5) is 0 Å². The van der Waals surface area contributed by atoms with Gasteiger partial charge in [0.05, 0.1) is 5.38 Å². The van der Waals surface area contributed by atoms with Crippen LogP contribution in [-0.4, -0.2) is 4.98 Å². The second-order valence-electron chi connectivity index (χ2n) is 3.23. The molecule has 0 amide bonds. The standard InChI is InChI=1S/C11H11ClN/c1-7-4-3-5-10-11(7)9(6-13-10)8(2)12/h3-6,13H,1-2H3. The molecular weight excluding hydrogens is 182 g/mol. The molecule has 2 heteroatoms. The summed E-state index contributed by atoms with van der Waals surface area (Å²) >= 11 is 5.99. The molecule has 1 nitrogen and oxygen atoms in total. The minimum Gasteiger partial charge on any atom is -0.361 e. The Morgan fingerprint density at radius 3 is 2.85 bits per heavy atom. The lowest BCUT2D eigenvalue weighted by atomic mass is 10.1.